The number of nitrogens with two attached hydrogens (primary N) is 1. The molecule has 0 radical (unpaired) electrons. The number of ether oxygens (including phenoxy) is 1. The highest BCUT2D eigenvalue weighted by molar-refractivity contribution is 5.71. The normalized spacial score (nSPS) is 10.3. The number of aromatic nitrogens is 4. The molecular weight excluding hydrogens is 234 g/mol. The van der Waals surface area contributed by atoms with E-state index >= 15 is 0 Å². The van der Waals surface area contributed by atoms with Crippen molar-refractivity contribution in [3.05, 3.63) is 24.3 Å². The first-order chi connectivity index (χ1) is 8.70. The second-order valence-electron chi connectivity index (χ2n) is 3.54. The van der Waals surface area contributed by atoms with Crippen molar-refractivity contribution < 1.29 is 9.53 Å². The Balaban J connectivity index is 2.16. The molecule has 0 unspecified atom stereocenters. The Morgan fingerprint density at radius 3 is 2.94 bits per heavy atom. The minimum atomic E-state index is -0.400. The van der Waals surface area contributed by atoms with Gasteiger partial charge in [0, 0.05) is 11.3 Å². The van der Waals surface area contributed by atoms with Gasteiger partial charge in [-0.15, -0.1) is 10.2 Å². The lowest BCUT2D eigenvalue weighted by molar-refractivity contribution is -0.144. The molecule has 7 nitrogen and oxygen atoms in total. The van der Waals surface area contributed by atoms with Crippen LogP contribution in [-0.4, -0.2) is 32.8 Å². The summed E-state index contributed by atoms with van der Waals surface area (Å²) in [4.78, 5) is 12.4. The Kier molecular flexibility index (Phi) is 3.52. The Hall–Kier alpha value is -2.44. The Bertz CT molecular complexity index is 552. The number of carbonyl (C=O) groups excluding carboxylic acids is 1. The lowest BCUT2D eigenvalue weighted by Crippen LogP contribution is -2.15. The van der Waals surface area contributed by atoms with E-state index in [2.05, 4.69) is 15.4 Å². The van der Waals surface area contributed by atoms with Crippen LogP contribution in [0.15, 0.2) is 24.3 Å². The first-order valence-electron chi connectivity index (χ1n) is 5.49. The largest absolute Gasteiger partial charge is 0.465 e. The lowest BCUT2D eigenvalue weighted by atomic mass is 10.2. The van der Waals surface area contributed by atoms with Crippen molar-refractivity contribution in [1.82, 2.24) is 20.2 Å². The third-order valence-electron chi connectivity index (χ3n) is 2.23. The molecule has 18 heavy (non-hydrogen) atoms. The zero-order chi connectivity index (χ0) is 13.0. The van der Waals surface area contributed by atoms with Gasteiger partial charge in [-0.25, -0.2) is 4.79 Å². The minimum absolute atomic E-state index is 0.0619. The Morgan fingerprint density at radius 2 is 2.22 bits per heavy atom. The molecule has 0 aliphatic heterocycles. The molecule has 0 fully saturated rings. The molecule has 1 aromatic carbocycles. The molecular formula is C11H13N5O2. The van der Waals surface area contributed by atoms with Gasteiger partial charge in [-0.3, -0.25) is 0 Å². The topological polar surface area (TPSA) is 95.9 Å². The van der Waals surface area contributed by atoms with Crippen molar-refractivity contribution in [1.29, 1.82) is 0 Å². The van der Waals surface area contributed by atoms with Gasteiger partial charge in [-0.2, -0.15) is 4.80 Å². The quantitative estimate of drug-likeness (QED) is 0.623. The predicted octanol–water partition coefficient (Wildman–Crippen LogP) is 0.485. The first-order valence-corrected chi connectivity index (χ1v) is 5.49. The molecule has 2 rings (SSSR count). The number of nitrogens with zero attached hydrogens (tertiary/aromatic N) is 4. The van der Waals surface area contributed by atoms with E-state index in [9.17, 15) is 4.79 Å². The van der Waals surface area contributed by atoms with E-state index < -0.39 is 5.97 Å². The zero-order valence-corrected chi connectivity index (χ0v) is 9.91. The summed E-state index contributed by atoms with van der Waals surface area (Å²) in [5.74, 6) is -0.0140. The fourth-order valence-corrected chi connectivity index (χ4v) is 1.44. The molecule has 1 heterocycles. The van der Waals surface area contributed by atoms with E-state index in [1.165, 1.54) is 4.80 Å². The highest BCUT2D eigenvalue weighted by atomic mass is 16.5. The molecule has 2 aromatic rings. The van der Waals surface area contributed by atoms with Gasteiger partial charge in [0.25, 0.3) is 0 Å². The number of hydrogen-bond donors (Lipinski definition) is 1. The summed E-state index contributed by atoms with van der Waals surface area (Å²) in [6.45, 7) is 2.00. The van der Waals surface area contributed by atoms with Gasteiger partial charge in [-0.05, 0) is 24.3 Å². The highest BCUT2D eigenvalue weighted by Crippen LogP contribution is 2.20. The smallest absolute Gasteiger partial charge is 0.329 e. The van der Waals surface area contributed by atoms with Crippen LogP contribution in [0.2, 0.25) is 0 Å². The van der Waals surface area contributed by atoms with Gasteiger partial charge in [0.1, 0.15) is 0 Å². The summed E-state index contributed by atoms with van der Waals surface area (Å²) in [6.07, 6.45) is 0. The molecule has 0 spiro atoms. The fraction of sp³-hybridized carbons (Fsp3) is 0.273. The van der Waals surface area contributed by atoms with E-state index in [-0.39, 0.29) is 6.54 Å². The summed E-state index contributed by atoms with van der Waals surface area (Å²) < 4.78 is 4.79. The van der Waals surface area contributed by atoms with Crippen LogP contribution in [0.5, 0.6) is 0 Å². The summed E-state index contributed by atoms with van der Waals surface area (Å²) in [5, 5.41) is 11.7. The molecule has 0 saturated carbocycles. The summed E-state index contributed by atoms with van der Waals surface area (Å²) in [6, 6.07) is 7.20. The molecule has 0 aliphatic carbocycles. The van der Waals surface area contributed by atoms with Gasteiger partial charge in [-0.1, -0.05) is 12.1 Å². The maximum Gasteiger partial charge on any atom is 0.329 e. The van der Waals surface area contributed by atoms with Crippen LogP contribution in [0.1, 0.15) is 6.92 Å². The van der Waals surface area contributed by atoms with Crippen molar-refractivity contribution in [2.45, 2.75) is 13.5 Å². The van der Waals surface area contributed by atoms with Gasteiger partial charge < -0.3 is 10.5 Å². The van der Waals surface area contributed by atoms with Crippen LogP contribution >= 0.6 is 0 Å². The molecule has 0 saturated heterocycles. The summed E-state index contributed by atoms with van der Waals surface area (Å²) in [5.41, 5.74) is 7.05. The third-order valence-corrected chi connectivity index (χ3v) is 2.23. The van der Waals surface area contributed by atoms with Gasteiger partial charge >= 0.3 is 5.97 Å². The maximum atomic E-state index is 11.2. The molecule has 0 aliphatic rings. The summed E-state index contributed by atoms with van der Waals surface area (Å²) >= 11 is 0. The number of hydrogen-bond acceptors (Lipinski definition) is 6. The number of esters is 1. The van der Waals surface area contributed by atoms with Crippen molar-refractivity contribution in [3.63, 3.8) is 0 Å². The van der Waals surface area contributed by atoms with Gasteiger partial charge in [0.05, 0.1) is 6.61 Å². The second kappa shape index (κ2) is 5.26. The zero-order valence-electron chi connectivity index (χ0n) is 9.91. The van der Waals surface area contributed by atoms with Crippen LogP contribution in [0.4, 0.5) is 5.69 Å². The molecule has 0 bridgehead atoms. The van der Waals surface area contributed by atoms with Crippen molar-refractivity contribution in [2.75, 3.05) is 12.3 Å². The number of anilines is 1. The number of carbonyl (C=O) groups is 1. The molecule has 94 valence electrons. The number of nitrogen functional groups attached to an aromatic ring is 1. The van der Waals surface area contributed by atoms with E-state index in [0.29, 0.717) is 23.7 Å². The SMILES string of the molecule is CCOC(=O)Cn1nnc(-c2ccccc2N)n1. The van der Waals surface area contributed by atoms with Gasteiger partial charge in [0.15, 0.2) is 6.54 Å². The van der Waals surface area contributed by atoms with Crippen molar-refractivity contribution >= 4 is 11.7 Å². The molecule has 2 N–H and O–H groups in total. The average molecular weight is 247 g/mol. The number of para-hydroxylation sites is 1. The lowest BCUT2D eigenvalue weighted by Gasteiger charge is -2.00. The molecule has 7 heteroatoms. The second-order valence-corrected chi connectivity index (χ2v) is 3.54. The minimum Gasteiger partial charge on any atom is -0.465 e. The maximum absolute atomic E-state index is 11.2. The van der Waals surface area contributed by atoms with E-state index in [1.807, 2.05) is 12.1 Å². The van der Waals surface area contributed by atoms with Crippen LogP contribution in [0.3, 0.4) is 0 Å². The number of tetrazole rings is 1. The van der Waals surface area contributed by atoms with Crippen LogP contribution in [0, 0.1) is 0 Å². The molecule has 1 aromatic heterocycles. The Labute approximate surface area is 104 Å². The van der Waals surface area contributed by atoms with Crippen molar-refractivity contribution in [3.8, 4) is 11.4 Å². The van der Waals surface area contributed by atoms with E-state index in [4.69, 9.17) is 10.5 Å². The van der Waals surface area contributed by atoms with Crippen LogP contribution in [0.25, 0.3) is 11.4 Å². The first kappa shape index (κ1) is 12.0. The molecule has 0 amide bonds. The van der Waals surface area contributed by atoms with E-state index in [1.54, 1.807) is 19.1 Å². The van der Waals surface area contributed by atoms with E-state index in [0.717, 1.165) is 0 Å². The van der Waals surface area contributed by atoms with Crippen LogP contribution in [-0.2, 0) is 16.1 Å². The predicted molar refractivity (Wildman–Crippen MR) is 64.3 cm³/mol. The highest BCUT2D eigenvalue weighted by Gasteiger charge is 2.11. The third kappa shape index (κ3) is 2.62. The number of rotatable bonds is 4. The van der Waals surface area contributed by atoms with Crippen molar-refractivity contribution in [2.24, 2.45) is 0 Å². The fourth-order valence-electron chi connectivity index (χ4n) is 1.44. The number of benzene rings is 1. The Morgan fingerprint density at radius 1 is 1.44 bits per heavy atom. The molecule has 0 atom stereocenters. The monoisotopic (exact) mass is 247 g/mol. The van der Waals surface area contributed by atoms with Crippen LogP contribution < -0.4 is 5.73 Å². The standard InChI is InChI=1S/C11H13N5O2/c1-2-18-10(17)7-16-14-11(13-15-16)8-5-3-4-6-9(8)12/h3-6H,2,7,12H2,1H3. The van der Waals surface area contributed by atoms with Gasteiger partial charge in [0.2, 0.25) is 5.82 Å². The summed E-state index contributed by atoms with van der Waals surface area (Å²) in [7, 11) is 0. The average Bonchev–Trinajstić information content (AvgIpc) is 2.78.